The Bertz CT molecular complexity index is 1340. The zero-order valence-electron chi connectivity index (χ0n) is 20.0. The number of carbonyl (C=O) groups is 2. The van der Waals surface area contributed by atoms with E-state index in [9.17, 15) is 9.59 Å². The van der Waals surface area contributed by atoms with Gasteiger partial charge in [-0.15, -0.1) is 10.2 Å². The summed E-state index contributed by atoms with van der Waals surface area (Å²) in [6.07, 6.45) is 1.61. The van der Waals surface area contributed by atoms with Gasteiger partial charge in [-0.2, -0.15) is 0 Å². The van der Waals surface area contributed by atoms with Crippen LogP contribution in [0, 0.1) is 13.8 Å². The third kappa shape index (κ3) is 5.17. The van der Waals surface area contributed by atoms with E-state index in [0.717, 1.165) is 11.3 Å². The molecule has 0 bridgehead atoms. The van der Waals surface area contributed by atoms with Crippen molar-refractivity contribution in [3.05, 3.63) is 70.9 Å². The van der Waals surface area contributed by atoms with E-state index in [1.165, 1.54) is 11.8 Å². The van der Waals surface area contributed by atoms with E-state index < -0.39 is 5.97 Å². The molecule has 4 aromatic rings. The molecule has 0 aliphatic carbocycles. The minimum Gasteiger partial charge on any atom is -0.497 e. The lowest BCUT2D eigenvalue weighted by molar-refractivity contribution is 0.0525. The molecule has 0 fully saturated rings. The number of H-pyrrole nitrogens is 1. The summed E-state index contributed by atoms with van der Waals surface area (Å²) >= 11 is 1.27. The molecule has 0 saturated carbocycles. The highest BCUT2D eigenvalue weighted by molar-refractivity contribution is 7.99. The zero-order chi connectivity index (χ0) is 24.9. The number of nitrogens with one attached hydrogen (secondary N) is 1. The van der Waals surface area contributed by atoms with Gasteiger partial charge in [0.1, 0.15) is 11.5 Å². The molecule has 182 valence electrons. The number of aromatic nitrogens is 4. The number of ether oxygens (including phenoxy) is 2. The van der Waals surface area contributed by atoms with Crippen LogP contribution in [0.5, 0.6) is 5.75 Å². The fourth-order valence-corrected chi connectivity index (χ4v) is 4.62. The van der Waals surface area contributed by atoms with Crippen molar-refractivity contribution < 1.29 is 23.5 Å². The number of methoxy groups -OCH3 is 1. The number of benzene rings is 1. The van der Waals surface area contributed by atoms with E-state index >= 15 is 0 Å². The maximum Gasteiger partial charge on any atom is 0.340 e. The molecular formula is C25H26N4O5S. The van der Waals surface area contributed by atoms with E-state index in [-0.39, 0.29) is 18.1 Å². The second-order valence-corrected chi connectivity index (χ2v) is 8.70. The lowest BCUT2D eigenvalue weighted by Crippen LogP contribution is -2.09. The first-order valence-corrected chi connectivity index (χ1v) is 12.0. The molecule has 1 N–H and O–H groups in total. The van der Waals surface area contributed by atoms with Gasteiger partial charge in [-0.25, -0.2) is 4.79 Å². The molecule has 0 radical (unpaired) electrons. The smallest absolute Gasteiger partial charge is 0.340 e. The van der Waals surface area contributed by atoms with E-state index in [0.29, 0.717) is 45.8 Å². The monoisotopic (exact) mass is 494 g/mol. The van der Waals surface area contributed by atoms with Crippen LogP contribution < -0.4 is 4.74 Å². The highest BCUT2D eigenvalue weighted by Crippen LogP contribution is 2.29. The van der Waals surface area contributed by atoms with Crippen molar-refractivity contribution in [3.63, 3.8) is 0 Å². The molecule has 0 atom stereocenters. The molecule has 0 saturated heterocycles. The summed E-state index contributed by atoms with van der Waals surface area (Å²) in [7, 11) is 1.61. The summed E-state index contributed by atoms with van der Waals surface area (Å²) in [5, 5.41) is 9.30. The Morgan fingerprint density at radius 3 is 2.71 bits per heavy atom. The quantitative estimate of drug-likeness (QED) is 0.192. The van der Waals surface area contributed by atoms with Gasteiger partial charge in [0.2, 0.25) is 0 Å². The molecule has 0 spiro atoms. The van der Waals surface area contributed by atoms with Crippen molar-refractivity contribution in [2.24, 2.45) is 0 Å². The number of esters is 1. The predicted octanol–water partition coefficient (Wildman–Crippen LogP) is 4.69. The first kappa shape index (κ1) is 24.3. The second-order valence-electron chi connectivity index (χ2n) is 7.76. The molecule has 35 heavy (non-hydrogen) atoms. The van der Waals surface area contributed by atoms with Crippen molar-refractivity contribution in [1.29, 1.82) is 0 Å². The van der Waals surface area contributed by atoms with Crippen molar-refractivity contribution in [3.8, 4) is 17.1 Å². The van der Waals surface area contributed by atoms with Gasteiger partial charge in [-0.3, -0.25) is 9.36 Å². The summed E-state index contributed by atoms with van der Waals surface area (Å²) < 4.78 is 17.9. The number of thioether (sulfide) groups is 1. The van der Waals surface area contributed by atoms with Crippen molar-refractivity contribution in [2.45, 2.75) is 32.5 Å². The number of rotatable bonds is 10. The number of furan rings is 1. The van der Waals surface area contributed by atoms with E-state index in [4.69, 9.17) is 13.9 Å². The Balaban J connectivity index is 1.60. The Kier molecular flexibility index (Phi) is 7.40. The molecule has 0 unspecified atom stereocenters. The molecule has 0 aliphatic rings. The lowest BCUT2D eigenvalue weighted by atomic mass is 10.1. The maximum atomic E-state index is 13.1. The number of Topliss-reactive ketones (excluding diaryl/α,β-unsaturated/α-hetero) is 1. The van der Waals surface area contributed by atoms with Crippen LogP contribution in [0.2, 0.25) is 0 Å². The Morgan fingerprint density at radius 2 is 2.00 bits per heavy atom. The third-order valence-corrected chi connectivity index (χ3v) is 6.43. The standard InChI is InChI=1S/C25H26N4O5S/c1-5-33-24(31)21-15(2)22(26-16(21)3)20(30)14-35-25-28-27-23(17-8-6-9-18(12-17)32-4)29(25)13-19-10-7-11-34-19/h6-12,26H,5,13-14H2,1-4H3. The summed E-state index contributed by atoms with van der Waals surface area (Å²) in [4.78, 5) is 28.4. The minimum atomic E-state index is -0.438. The van der Waals surface area contributed by atoms with Crippen LogP contribution in [-0.4, -0.2) is 51.0 Å². The van der Waals surface area contributed by atoms with Crippen molar-refractivity contribution in [1.82, 2.24) is 19.7 Å². The zero-order valence-corrected chi connectivity index (χ0v) is 20.8. The van der Waals surface area contributed by atoms with Gasteiger partial charge in [-0.05, 0) is 50.6 Å². The molecule has 9 nitrogen and oxygen atoms in total. The molecule has 3 heterocycles. The number of hydrogen-bond acceptors (Lipinski definition) is 8. The van der Waals surface area contributed by atoms with Gasteiger partial charge in [0.25, 0.3) is 0 Å². The molecule has 0 amide bonds. The summed E-state index contributed by atoms with van der Waals surface area (Å²) in [5.41, 5.74) is 2.82. The SMILES string of the molecule is CCOC(=O)c1c(C)[nH]c(C(=O)CSc2nnc(-c3cccc(OC)c3)n2Cc2ccco2)c1C. The largest absolute Gasteiger partial charge is 0.497 e. The van der Waals surface area contributed by atoms with E-state index in [1.807, 2.05) is 41.0 Å². The number of ketones is 1. The fourth-order valence-electron chi connectivity index (χ4n) is 3.81. The predicted molar refractivity (Wildman–Crippen MR) is 131 cm³/mol. The van der Waals surface area contributed by atoms with Crippen LogP contribution in [0.4, 0.5) is 0 Å². The van der Waals surface area contributed by atoms with Gasteiger partial charge < -0.3 is 18.9 Å². The van der Waals surface area contributed by atoms with Gasteiger partial charge in [0.05, 0.1) is 43.5 Å². The van der Waals surface area contributed by atoms with Crippen LogP contribution in [-0.2, 0) is 11.3 Å². The lowest BCUT2D eigenvalue weighted by Gasteiger charge is -2.09. The summed E-state index contributed by atoms with van der Waals surface area (Å²) in [6.45, 7) is 5.91. The molecule has 4 rings (SSSR count). The topological polar surface area (TPSA) is 112 Å². The number of carbonyl (C=O) groups excluding carboxylic acids is 2. The molecule has 1 aromatic carbocycles. The van der Waals surface area contributed by atoms with Crippen LogP contribution in [0.25, 0.3) is 11.4 Å². The second kappa shape index (κ2) is 10.6. The van der Waals surface area contributed by atoms with Gasteiger partial charge in [-0.1, -0.05) is 23.9 Å². The van der Waals surface area contributed by atoms with Gasteiger partial charge in [0.15, 0.2) is 16.8 Å². The number of aryl methyl sites for hydroxylation is 1. The van der Waals surface area contributed by atoms with E-state index in [1.54, 1.807) is 34.1 Å². The molecular weight excluding hydrogens is 468 g/mol. The van der Waals surface area contributed by atoms with Crippen molar-refractivity contribution >= 4 is 23.5 Å². The Labute approximate surface area is 206 Å². The van der Waals surface area contributed by atoms with Crippen LogP contribution >= 0.6 is 11.8 Å². The molecule has 10 heteroatoms. The highest BCUT2D eigenvalue weighted by Gasteiger charge is 2.24. The maximum absolute atomic E-state index is 13.1. The summed E-state index contributed by atoms with van der Waals surface area (Å²) in [6, 6.07) is 11.2. The summed E-state index contributed by atoms with van der Waals surface area (Å²) in [5.74, 6) is 1.59. The average molecular weight is 495 g/mol. The van der Waals surface area contributed by atoms with Crippen LogP contribution in [0.15, 0.2) is 52.2 Å². The first-order chi connectivity index (χ1) is 16.9. The fraction of sp³-hybridized carbons (Fsp3) is 0.280. The van der Waals surface area contributed by atoms with Crippen LogP contribution in [0.3, 0.4) is 0 Å². The Hall–Kier alpha value is -3.79. The Morgan fingerprint density at radius 1 is 1.17 bits per heavy atom. The number of aromatic amines is 1. The van der Waals surface area contributed by atoms with Gasteiger partial charge >= 0.3 is 5.97 Å². The van der Waals surface area contributed by atoms with Crippen LogP contribution in [0.1, 0.15) is 44.8 Å². The minimum absolute atomic E-state index is 0.109. The molecule has 0 aliphatic heterocycles. The first-order valence-electron chi connectivity index (χ1n) is 11.0. The third-order valence-electron chi connectivity index (χ3n) is 5.47. The van der Waals surface area contributed by atoms with E-state index in [2.05, 4.69) is 15.2 Å². The highest BCUT2D eigenvalue weighted by atomic mass is 32.2. The van der Waals surface area contributed by atoms with Gasteiger partial charge in [0, 0.05) is 11.3 Å². The van der Waals surface area contributed by atoms with Crippen molar-refractivity contribution in [2.75, 3.05) is 19.5 Å². The number of nitrogens with zero attached hydrogens (tertiary/aromatic N) is 3. The normalized spacial score (nSPS) is 11.0. The average Bonchev–Trinajstić information content (AvgIpc) is 3.58. The number of hydrogen-bond donors (Lipinski definition) is 1. The molecule has 3 aromatic heterocycles.